The normalized spacial score (nSPS) is 12.1. The lowest BCUT2D eigenvalue weighted by Crippen LogP contribution is -2.14. The molecule has 0 saturated heterocycles. The Morgan fingerprint density at radius 1 is 1.59 bits per heavy atom. The first-order chi connectivity index (χ1) is 8.13. The van der Waals surface area contributed by atoms with Crippen molar-refractivity contribution in [3.8, 4) is 5.75 Å². The Bertz CT molecular complexity index is 371. The lowest BCUT2D eigenvalue weighted by molar-refractivity contribution is 0.0696. The summed E-state index contributed by atoms with van der Waals surface area (Å²) in [5, 5.41) is 9.23. The lowest BCUT2D eigenvalue weighted by atomic mass is 10.2. The van der Waals surface area contributed by atoms with Crippen LogP contribution < -0.4 is 10.5 Å². The minimum absolute atomic E-state index is 0.241. The summed E-state index contributed by atoms with van der Waals surface area (Å²) in [5.41, 5.74) is 5.73. The summed E-state index contributed by atoms with van der Waals surface area (Å²) in [6, 6.07) is 6.50. The van der Waals surface area contributed by atoms with Gasteiger partial charge in [-0.2, -0.15) is 11.8 Å². The second-order valence-electron chi connectivity index (χ2n) is 3.60. The minimum Gasteiger partial charge on any atom is -0.493 e. The van der Waals surface area contributed by atoms with Gasteiger partial charge in [0.1, 0.15) is 5.75 Å². The van der Waals surface area contributed by atoms with Gasteiger partial charge in [0.15, 0.2) is 0 Å². The van der Waals surface area contributed by atoms with Gasteiger partial charge in [-0.3, -0.25) is 0 Å². The smallest absolute Gasteiger partial charge is 0.335 e. The zero-order valence-electron chi connectivity index (χ0n) is 9.76. The lowest BCUT2D eigenvalue weighted by Gasteiger charge is -2.09. The predicted octanol–water partition coefficient (Wildman–Crippen LogP) is 1.84. The second-order valence-corrected chi connectivity index (χ2v) is 5.14. The highest BCUT2D eigenvalue weighted by Crippen LogP contribution is 2.14. The Kier molecular flexibility index (Phi) is 5.86. The fourth-order valence-corrected chi connectivity index (χ4v) is 1.91. The molecule has 0 aliphatic rings. The largest absolute Gasteiger partial charge is 0.493 e. The minimum atomic E-state index is -0.943. The standard InChI is InChI=1S/C12H17NO3S/c1-9(8-13)17-6-5-16-11-4-2-3-10(7-11)12(14)15/h2-4,7,9H,5-6,8,13H2,1H3,(H,14,15). The summed E-state index contributed by atoms with van der Waals surface area (Å²) in [4.78, 5) is 10.7. The molecule has 1 atom stereocenters. The summed E-state index contributed by atoms with van der Waals surface area (Å²) in [6.45, 7) is 3.27. The maximum Gasteiger partial charge on any atom is 0.335 e. The van der Waals surface area contributed by atoms with Crippen LogP contribution in [0.5, 0.6) is 5.75 Å². The van der Waals surface area contributed by atoms with Crippen LogP contribution in [0.4, 0.5) is 0 Å². The third kappa shape index (κ3) is 5.10. The molecule has 0 bridgehead atoms. The molecule has 0 amide bonds. The molecule has 0 aliphatic carbocycles. The Balaban J connectivity index is 2.36. The zero-order valence-corrected chi connectivity index (χ0v) is 10.6. The van der Waals surface area contributed by atoms with Crippen molar-refractivity contribution < 1.29 is 14.6 Å². The van der Waals surface area contributed by atoms with Gasteiger partial charge < -0.3 is 15.6 Å². The summed E-state index contributed by atoms with van der Waals surface area (Å²) in [7, 11) is 0. The van der Waals surface area contributed by atoms with Crippen LogP contribution in [0.3, 0.4) is 0 Å². The van der Waals surface area contributed by atoms with Gasteiger partial charge in [0, 0.05) is 17.5 Å². The van der Waals surface area contributed by atoms with Gasteiger partial charge in [0.25, 0.3) is 0 Å². The Labute approximate surface area is 105 Å². The van der Waals surface area contributed by atoms with Crippen molar-refractivity contribution in [2.45, 2.75) is 12.2 Å². The van der Waals surface area contributed by atoms with E-state index in [4.69, 9.17) is 15.6 Å². The van der Waals surface area contributed by atoms with Crippen LogP contribution in [0.1, 0.15) is 17.3 Å². The Morgan fingerprint density at radius 2 is 2.35 bits per heavy atom. The molecule has 0 saturated carbocycles. The first-order valence-corrected chi connectivity index (χ1v) is 6.46. The molecule has 94 valence electrons. The van der Waals surface area contributed by atoms with E-state index in [0.717, 1.165) is 5.75 Å². The average molecular weight is 255 g/mol. The summed E-state index contributed by atoms with van der Waals surface area (Å²) in [6.07, 6.45) is 0. The molecule has 1 unspecified atom stereocenters. The average Bonchev–Trinajstić information content (AvgIpc) is 2.34. The van der Waals surface area contributed by atoms with E-state index in [-0.39, 0.29) is 5.56 Å². The molecular weight excluding hydrogens is 238 g/mol. The number of rotatable bonds is 7. The van der Waals surface area contributed by atoms with Crippen LogP contribution in [0, 0.1) is 0 Å². The van der Waals surface area contributed by atoms with Crippen molar-refractivity contribution in [3.05, 3.63) is 29.8 Å². The summed E-state index contributed by atoms with van der Waals surface area (Å²) >= 11 is 1.74. The molecule has 1 rings (SSSR count). The van der Waals surface area contributed by atoms with Crippen LogP contribution >= 0.6 is 11.8 Å². The highest BCUT2D eigenvalue weighted by atomic mass is 32.2. The molecule has 5 heteroatoms. The number of aromatic carboxylic acids is 1. The highest BCUT2D eigenvalue weighted by molar-refractivity contribution is 7.99. The van der Waals surface area contributed by atoms with E-state index in [1.54, 1.807) is 30.0 Å². The van der Waals surface area contributed by atoms with Gasteiger partial charge in [0.2, 0.25) is 0 Å². The van der Waals surface area contributed by atoms with E-state index in [1.807, 2.05) is 0 Å². The van der Waals surface area contributed by atoms with Gasteiger partial charge in [-0.05, 0) is 18.2 Å². The molecule has 0 radical (unpaired) electrons. The van der Waals surface area contributed by atoms with Crippen molar-refractivity contribution in [2.24, 2.45) is 5.73 Å². The first kappa shape index (κ1) is 13.9. The summed E-state index contributed by atoms with van der Waals surface area (Å²) in [5.74, 6) is 0.489. The molecule has 1 aromatic carbocycles. The van der Waals surface area contributed by atoms with E-state index in [0.29, 0.717) is 24.2 Å². The van der Waals surface area contributed by atoms with E-state index in [9.17, 15) is 4.79 Å². The molecule has 0 aliphatic heterocycles. The van der Waals surface area contributed by atoms with E-state index in [2.05, 4.69) is 6.92 Å². The Morgan fingerprint density at radius 3 is 3.00 bits per heavy atom. The van der Waals surface area contributed by atoms with Crippen LogP contribution in [-0.4, -0.2) is 35.2 Å². The number of carbonyl (C=O) groups is 1. The molecular formula is C12H17NO3S. The van der Waals surface area contributed by atoms with E-state index >= 15 is 0 Å². The van der Waals surface area contributed by atoms with Crippen LogP contribution in [0.25, 0.3) is 0 Å². The van der Waals surface area contributed by atoms with E-state index in [1.165, 1.54) is 6.07 Å². The molecule has 0 spiro atoms. The number of ether oxygens (including phenoxy) is 1. The zero-order chi connectivity index (χ0) is 12.7. The number of thioether (sulfide) groups is 1. The first-order valence-electron chi connectivity index (χ1n) is 5.41. The number of carboxylic acids is 1. The van der Waals surface area contributed by atoms with Gasteiger partial charge in [-0.15, -0.1) is 0 Å². The van der Waals surface area contributed by atoms with Crippen molar-refractivity contribution >= 4 is 17.7 Å². The SMILES string of the molecule is CC(CN)SCCOc1cccc(C(=O)O)c1. The van der Waals surface area contributed by atoms with E-state index < -0.39 is 5.97 Å². The topological polar surface area (TPSA) is 72.5 Å². The predicted molar refractivity (Wildman–Crippen MR) is 69.9 cm³/mol. The number of carboxylic acid groups (broad SMARTS) is 1. The fraction of sp³-hybridized carbons (Fsp3) is 0.417. The maximum absolute atomic E-state index is 10.7. The molecule has 3 N–H and O–H groups in total. The highest BCUT2D eigenvalue weighted by Gasteiger charge is 2.04. The number of benzene rings is 1. The third-order valence-corrected chi connectivity index (χ3v) is 3.33. The molecule has 0 fully saturated rings. The van der Waals surface area contributed by atoms with Gasteiger partial charge >= 0.3 is 5.97 Å². The summed E-state index contributed by atoms with van der Waals surface area (Å²) < 4.78 is 5.47. The number of nitrogens with two attached hydrogens (primary N) is 1. The Hall–Kier alpha value is -1.20. The monoisotopic (exact) mass is 255 g/mol. The van der Waals surface area contributed by atoms with Crippen molar-refractivity contribution in [1.29, 1.82) is 0 Å². The molecule has 4 nitrogen and oxygen atoms in total. The number of hydrogen-bond donors (Lipinski definition) is 2. The molecule has 1 aromatic rings. The van der Waals surface area contributed by atoms with Crippen LogP contribution in [0.2, 0.25) is 0 Å². The van der Waals surface area contributed by atoms with Gasteiger partial charge in [0.05, 0.1) is 12.2 Å². The molecule has 17 heavy (non-hydrogen) atoms. The quantitative estimate of drug-likeness (QED) is 0.727. The maximum atomic E-state index is 10.7. The van der Waals surface area contributed by atoms with Crippen LogP contribution in [0.15, 0.2) is 24.3 Å². The molecule has 0 heterocycles. The second kappa shape index (κ2) is 7.19. The van der Waals surface area contributed by atoms with Gasteiger partial charge in [-0.1, -0.05) is 13.0 Å². The van der Waals surface area contributed by atoms with Crippen molar-refractivity contribution in [3.63, 3.8) is 0 Å². The third-order valence-electron chi connectivity index (χ3n) is 2.17. The fourth-order valence-electron chi connectivity index (χ4n) is 1.20. The number of hydrogen-bond acceptors (Lipinski definition) is 4. The van der Waals surface area contributed by atoms with Gasteiger partial charge in [-0.25, -0.2) is 4.79 Å². The van der Waals surface area contributed by atoms with Crippen molar-refractivity contribution in [2.75, 3.05) is 18.9 Å². The van der Waals surface area contributed by atoms with Crippen molar-refractivity contribution in [1.82, 2.24) is 0 Å². The molecule has 0 aromatic heterocycles. The van der Waals surface area contributed by atoms with Crippen LogP contribution in [-0.2, 0) is 0 Å².